The number of nitrogens with one attached hydrogen (secondary N) is 1. The predicted octanol–water partition coefficient (Wildman–Crippen LogP) is 4.63. The van der Waals surface area contributed by atoms with Gasteiger partial charge in [-0.25, -0.2) is 18.1 Å². The second kappa shape index (κ2) is 7.41. The van der Waals surface area contributed by atoms with Gasteiger partial charge in [0.25, 0.3) is 0 Å². The van der Waals surface area contributed by atoms with Gasteiger partial charge in [-0.1, -0.05) is 46.9 Å². The van der Waals surface area contributed by atoms with Crippen molar-refractivity contribution in [2.75, 3.05) is 0 Å². The highest BCUT2D eigenvalue weighted by Gasteiger charge is 2.40. The van der Waals surface area contributed by atoms with Gasteiger partial charge in [0.1, 0.15) is 5.15 Å². The first-order chi connectivity index (χ1) is 11.8. The Labute approximate surface area is 162 Å². The van der Waals surface area contributed by atoms with Gasteiger partial charge < -0.3 is 0 Å². The zero-order chi connectivity index (χ0) is 18.1. The predicted molar refractivity (Wildman–Crippen MR) is 102 cm³/mol. The lowest BCUT2D eigenvalue weighted by Gasteiger charge is -2.42. The fourth-order valence-corrected chi connectivity index (χ4v) is 5.23. The molecule has 0 saturated heterocycles. The first kappa shape index (κ1) is 18.9. The highest BCUT2D eigenvalue weighted by Crippen LogP contribution is 2.38. The molecule has 1 fully saturated rings. The van der Waals surface area contributed by atoms with Gasteiger partial charge in [-0.2, -0.15) is 0 Å². The Kier molecular flexibility index (Phi) is 5.61. The lowest BCUT2D eigenvalue weighted by molar-refractivity contribution is 0.220. The SMILES string of the molecule is O=S(=O)(Cc1ccc(Cl)nc1)NC1(Cc2ccc(Cl)cc2Cl)CCC1. The van der Waals surface area contributed by atoms with E-state index >= 15 is 0 Å². The molecule has 0 spiro atoms. The Morgan fingerprint density at radius 1 is 1.12 bits per heavy atom. The van der Waals surface area contributed by atoms with Gasteiger partial charge in [0, 0.05) is 21.8 Å². The van der Waals surface area contributed by atoms with Crippen LogP contribution in [-0.4, -0.2) is 18.9 Å². The number of nitrogens with zero attached hydrogens (tertiary/aromatic N) is 1. The Balaban J connectivity index is 1.75. The Hall–Kier alpha value is -0.850. The van der Waals surface area contributed by atoms with Crippen molar-refractivity contribution in [1.29, 1.82) is 0 Å². The van der Waals surface area contributed by atoms with Crippen LogP contribution < -0.4 is 4.72 Å². The third-order valence-corrected chi connectivity index (χ3v) is 6.64. The molecule has 0 atom stereocenters. The summed E-state index contributed by atoms with van der Waals surface area (Å²) in [6.45, 7) is 0. The van der Waals surface area contributed by atoms with Crippen LogP contribution in [-0.2, 0) is 22.2 Å². The van der Waals surface area contributed by atoms with Crippen LogP contribution in [0.15, 0.2) is 36.5 Å². The van der Waals surface area contributed by atoms with Gasteiger partial charge in [-0.05, 0) is 55.0 Å². The number of rotatable bonds is 6. The molecule has 25 heavy (non-hydrogen) atoms. The molecule has 2 aromatic rings. The summed E-state index contributed by atoms with van der Waals surface area (Å²) in [4.78, 5) is 3.92. The standard InChI is InChI=1S/C17H17Cl3N2O2S/c18-14-4-3-13(15(19)8-14)9-17(6-1-7-17)22-25(23,24)11-12-2-5-16(20)21-10-12/h2-5,8,10,22H,1,6-7,9,11H2. The molecule has 1 N–H and O–H groups in total. The summed E-state index contributed by atoms with van der Waals surface area (Å²) in [7, 11) is -3.51. The van der Waals surface area contributed by atoms with Crippen molar-refractivity contribution in [3.8, 4) is 0 Å². The van der Waals surface area contributed by atoms with E-state index < -0.39 is 15.6 Å². The molecule has 8 heteroatoms. The van der Waals surface area contributed by atoms with Crippen molar-refractivity contribution in [2.24, 2.45) is 0 Å². The van der Waals surface area contributed by atoms with E-state index in [9.17, 15) is 8.42 Å². The smallest absolute Gasteiger partial charge is 0.216 e. The molecule has 1 heterocycles. The minimum absolute atomic E-state index is 0.132. The van der Waals surface area contributed by atoms with Crippen LogP contribution in [0.25, 0.3) is 0 Å². The van der Waals surface area contributed by atoms with E-state index in [1.807, 2.05) is 6.07 Å². The van der Waals surface area contributed by atoms with E-state index in [-0.39, 0.29) is 5.75 Å². The maximum Gasteiger partial charge on any atom is 0.216 e. The fraction of sp³-hybridized carbons (Fsp3) is 0.353. The molecule has 134 valence electrons. The van der Waals surface area contributed by atoms with Crippen molar-refractivity contribution in [2.45, 2.75) is 37.0 Å². The van der Waals surface area contributed by atoms with Crippen LogP contribution in [0.5, 0.6) is 0 Å². The maximum atomic E-state index is 12.6. The third kappa shape index (κ3) is 4.86. The van der Waals surface area contributed by atoms with Crippen molar-refractivity contribution >= 4 is 44.8 Å². The highest BCUT2D eigenvalue weighted by atomic mass is 35.5. The second-order valence-corrected chi connectivity index (χ2v) is 9.35. The maximum absolute atomic E-state index is 12.6. The zero-order valence-corrected chi connectivity index (χ0v) is 16.4. The molecule has 1 saturated carbocycles. The molecule has 4 nitrogen and oxygen atoms in total. The molecule has 1 aromatic heterocycles. The average Bonchev–Trinajstić information content (AvgIpc) is 2.49. The lowest BCUT2D eigenvalue weighted by Crippen LogP contribution is -2.55. The summed E-state index contributed by atoms with van der Waals surface area (Å²) in [6, 6.07) is 8.54. The monoisotopic (exact) mass is 418 g/mol. The lowest BCUT2D eigenvalue weighted by atomic mass is 9.74. The van der Waals surface area contributed by atoms with Gasteiger partial charge in [0.15, 0.2) is 0 Å². The average molecular weight is 420 g/mol. The number of sulfonamides is 1. The van der Waals surface area contributed by atoms with E-state index in [2.05, 4.69) is 9.71 Å². The van der Waals surface area contributed by atoms with Crippen LogP contribution in [0.2, 0.25) is 15.2 Å². The number of hydrogen-bond donors (Lipinski definition) is 1. The molecule has 0 aliphatic heterocycles. The topological polar surface area (TPSA) is 59.1 Å². The largest absolute Gasteiger partial charge is 0.244 e. The van der Waals surface area contributed by atoms with E-state index in [4.69, 9.17) is 34.8 Å². The molecular formula is C17H17Cl3N2O2S. The van der Waals surface area contributed by atoms with Crippen LogP contribution >= 0.6 is 34.8 Å². The quantitative estimate of drug-likeness (QED) is 0.695. The Bertz CT molecular complexity index is 866. The van der Waals surface area contributed by atoms with Gasteiger partial charge in [-0.3, -0.25) is 0 Å². The molecule has 0 amide bonds. The first-order valence-corrected chi connectivity index (χ1v) is 10.6. The molecule has 0 unspecified atom stereocenters. The minimum Gasteiger partial charge on any atom is -0.244 e. The van der Waals surface area contributed by atoms with Gasteiger partial charge in [0.05, 0.1) is 5.75 Å². The van der Waals surface area contributed by atoms with Crippen LogP contribution in [0.4, 0.5) is 0 Å². The normalized spacial score (nSPS) is 16.4. The number of aromatic nitrogens is 1. The van der Waals surface area contributed by atoms with E-state index in [1.165, 1.54) is 6.20 Å². The Morgan fingerprint density at radius 2 is 1.88 bits per heavy atom. The zero-order valence-electron chi connectivity index (χ0n) is 13.3. The summed E-state index contributed by atoms with van der Waals surface area (Å²) < 4.78 is 28.1. The molecule has 1 aliphatic rings. The summed E-state index contributed by atoms with van der Waals surface area (Å²) in [5, 5.41) is 1.45. The summed E-state index contributed by atoms with van der Waals surface area (Å²) >= 11 is 17.9. The molecule has 0 bridgehead atoms. The van der Waals surface area contributed by atoms with Crippen LogP contribution in [0.3, 0.4) is 0 Å². The molecule has 0 radical (unpaired) electrons. The first-order valence-electron chi connectivity index (χ1n) is 7.83. The van der Waals surface area contributed by atoms with Crippen molar-refractivity contribution in [3.05, 3.63) is 62.9 Å². The van der Waals surface area contributed by atoms with Crippen molar-refractivity contribution in [1.82, 2.24) is 9.71 Å². The molecule has 1 aromatic carbocycles. The highest BCUT2D eigenvalue weighted by molar-refractivity contribution is 7.88. The number of halogens is 3. The fourth-order valence-electron chi connectivity index (χ4n) is 3.03. The molecule has 1 aliphatic carbocycles. The minimum atomic E-state index is -3.51. The van der Waals surface area contributed by atoms with Crippen molar-refractivity contribution in [3.63, 3.8) is 0 Å². The van der Waals surface area contributed by atoms with Crippen molar-refractivity contribution < 1.29 is 8.42 Å². The van der Waals surface area contributed by atoms with Gasteiger partial charge in [-0.15, -0.1) is 0 Å². The number of pyridine rings is 1. The van der Waals surface area contributed by atoms with Gasteiger partial charge >= 0.3 is 0 Å². The van der Waals surface area contributed by atoms with Crippen LogP contribution in [0, 0.1) is 0 Å². The third-order valence-electron chi connectivity index (χ3n) is 4.37. The van der Waals surface area contributed by atoms with E-state index in [0.29, 0.717) is 27.2 Å². The Morgan fingerprint density at radius 3 is 2.44 bits per heavy atom. The number of benzene rings is 1. The molecular weight excluding hydrogens is 403 g/mol. The van der Waals surface area contributed by atoms with Gasteiger partial charge in [0.2, 0.25) is 10.0 Å². The summed E-state index contributed by atoms with van der Waals surface area (Å²) in [5.74, 6) is -0.132. The van der Waals surface area contributed by atoms with E-state index in [0.717, 1.165) is 24.8 Å². The number of hydrogen-bond acceptors (Lipinski definition) is 3. The molecule has 3 rings (SSSR count). The summed E-state index contributed by atoms with van der Waals surface area (Å²) in [6.07, 6.45) is 4.57. The summed E-state index contributed by atoms with van der Waals surface area (Å²) in [5.41, 5.74) is 0.994. The van der Waals surface area contributed by atoms with Crippen LogP contribution in [0.1, 0.15) is 30.4 Å². The second-order valence-electron chi connectivity index (χ2n) is 6.40. The van der Waals surface area contributed by atoms with E-state index in [1.54, 1.807) is 24.3 Å².